The molecule has 0 saturated heterocycles. The van der Waals surface area contributed by atoms with E-state index >= 15 is 0 Å². The van der Waals surface area contributed by atoms with Crippen LogP contribution in [-0.4, -0.2) is 6.21 Å². The molecule has 0 unspecified atom stereocenters. The molecule has 0 saturated carbocycles. The summed E-state index contributed by atoms with van der Waals surface area (Å²) in [6.07, 6.45) is 1.87. The van der Waals surface area contributed by atoms with Gasteiger partial charge < -0.3 is 5.73 Å². The van der Waals surface area contributed by atoms with E-state index in [9.17, 15) is 0 Å². The number of nitrogens with zero attached hydrogens (tertiary/aromatic N) is 1. The maximum Gasteiger partial charge on any atom is 0.0631 e. The molecule has 0 radical (unpaired) electrons. The summed E-state index contributed by atoms with van der Waals surface area (Å²) in [7, 11) is 0. The zero-order chi connectivity index (χ0) is 22.9. The number of aryl methyl sites for hydroxylation is 1. The minimum Gasteiger partial charge on any atom is -0.399 e. The summed E-state index contributed by atoms with van der Waals surface area (Å²) in [5.41, 5.74) is 13.3. The lowest BCUT2D eigenvalue weighted by Crippen LogP contribution is -1.83. The van der Waals surface area contributed by atoms with Crippen molar-refractivity contribution in [2.24, 2.45) is 4.99 Å². The lowest BCUT2D eigenvalue weighted by atomic mass is 10.0. The maximum absolute atomic E-state index is 5.66. The lowest BCUT2D eigenvalue weighted by Gasteiger charge is -2.03. The molecule has 0 amide bonds. The third-order valence-electron chi connectivity index (χ3n) is 3.55. The normalized spacial score (nSPS) is 9.30. The molecule has 0 aromatic heterocycles. The average Bonchev–Trinajstić information content (AvgIpc) is 2.77. The van der Waals surface area contributed by atoms with Crippen molar-refractivity contribution >= 4 is 17.6 Å². The van der Waals surface area contributed by atoms with Crippen LogP contribution in [0.3, 0.4) is 0 Å². The van der Waals surface area contributed by atoms with Crippen LogP contribution in [0.5, 0.6) is 0 Å². The van der Waals surface area contributed by atoms with Gasteiger partial charge in [-0.15, -0.1) is 6.58 Å². The Morgan fingerprint density at radius 2 is 1.13 bits per heavy atom. The summed E-state index contributed by atoms with van der Waals surface area (Å²) in [6, 6.07) is 24.5. The molecule has 0 spiro atoms. The number of hydrogen-bond acceptors (Lipinski definition) is 2. The second-order valence-electron chi connectivity index (χ2n) is 6.54. The highest BCUT2D eigenvalue weighted by Crippen LogP contribution is 2.20. The molecule has 3 aromatic rings. The van der Waals surface area contributed by atoms with Crippen LogP contribution < -0.4 is 5.73 Å². The van der Waals surface area contributed by atoms with Crippen molar-refractivity contribution in [1.82, 2.24) is 0 Å². The molecule has 2 nitrogen and oxygen atoms in total. The summed E-state index contributed by atoms with van der Waals surface area (Å²) in [6.45, 7) is 17.6. The molecular formula is C28H38N2. The van der Waals surface area contributed by atoms with Crippen LogP contribution in [-0.2, 0) is 0 Å². The van der Waals surface area contributed by atoms with Crippen molar-refractivity contribution in [2.45, 2.75) is 48.5 Å². The van der Waals surface area contributed by atoms with Crippen LogP contribution in [0.4, 0.5) is 11.4 Å². The number of nitrogen functional groups attached to an aromatic ring is 1. The Labute approximate surface area is 184 Å². The number of nitrogens with two attached hydrogens (primary N) is 1. The smallest absolute Gasteiger partial charge is 0.0631 e. The van der Waals surface area contributed by atoms with Crippen molar-refractivity contribution < 1.29 is 0 Å². The molecule has 0 fully saturated rings. The Morgan fingerprint density at radius 1 is 0.733 bits per heavy atom. The quantitative estimate of drug-likeness (QED) is 0.266. The van der Waals surface area contributed by atoms with E-state index < -0.39 is 0 Å². The number of aliphatic imine (C=N–C) groups is 1. The summed E-state index contributed by atoms with van der Waals surface area (Å²) >= 11 is 0. The summed E-state index contributed by atoms with van der Waals surface area (Å²) in [5.74, 6) is 0. The highest BCUT2D eigenvalue weighted by Gasteiger charge is 1.97. The van der Waals surface area contributed by atoms with Gasteiger partial charge in [0.15, 0.2) is 0 Å². The lowest BCUT2D eigenvalue weighted by molar-refractivity contribution is 1.42. The van der Waals surface area contributed by atoms with Crippen LogP contribution in [0.1, 0.15) is 52.7 Å². The van der Waals surface area contributed by atoms with Gasteiger partial charge in [-0.1, -0.05) is 87.4 Å². The molecule has 30 heavy (non-hydrogen) atoms. The number of anilines is 1. The first-order valence-electron chi connectivity index (χ1n) is 10.6. The molecule has 160 valence electrons. The van der Waals surface area contributed by atoms with Crippen LogP contribution in [0.2, 0.25) is 0 Å². The fourth-order valence-corrected chi connectivity index (χ4v) is 2.22. The van der Waals surface area contributed by atoms with Crippen LogP contribution in [0.15, 0.2) is 89.9 Å². The molecule has 0 bridgehead atoms. The SMILES string of the molecule is C=C(C)C.CC.CC.Cc1ccc(-c2ccc(C=Nc3ccc(N)cc3)cc2)cc1. The van der Waals surface area contributed by atoms with Crippen molar-refractivity contribution in [3.8, 4) is 11.1 Å². The van der Waals surface area contributed by atoms with E-state index in [4.69, 9.17) is 5.73 Å². The second kappa shape index (κ2) is 15.8. The highest BCUT2D eigenvalue weighted by atomic mass is 14.7. The van der Waals surface area contributed by atoms with Crippen molar-refractivity contribution in [3.63, 3.8) is 0 Å². The Balaban J connectivity index is 0.000000924. The number of hydrogen-bond donors (Lipinski definition) is 1. The van der Waals surface area contributed by atoms with E-state index in [-0.39, 0.29) is 0 Å². The van der Waals surface area contributed by atoms with Gasteiger partial charge >= 0.3 is 0 Å². The van der Waals surface area contributed by atoms with Gasteiger partial charge in [-0.25, -0.2) is 0 Å². The molecule has 3 rings (SSSR count). The van der Waals surface area contributed by atoms with Gasteiger partial charge in [-0.3, -0.25) is 4.99 Å². The first-order valence-corrected chi connectivity index (χ1v) is 10.6. The zero-order valence-corrected chi connectivity index (χ0v) is 19.7. The van der Waals surface area contributed by atoms with Crippen molar-refractivity contribution in [2.75, 3.05) is 5.73 Å². The largest absolute Gasteiger partial charge is 0.399 e. The van der Waals surface area contributed by atoms with E-state index in [1.54, 1.807) is 0 Å². The summed E-state index contributed by atoms with van der Waals surface area (Å²) in [4.78, 5) is 4.45. The van der Waals surface area contributed by atoms with E-state index in [1.165, 1.54) is 22.3 Å². The molecular weight excluding hydrogens is 364 g/mol. The highest BCUT2D eigenvalue weighted by molar-refractivity contribution is 5.83. The fourth-order valence-electron chi connectivity index (χ4n) is 2.22. The van der Waals surface area contributed by atoms with Crippen LogP contribution in [0, 0.1) is 6.92 Å². The minimum absolute atomic E-state index is 0.751. The Kier molecular flexibility index (Phi) is 14.1. The predicted molar refractivity (Wildman–Crippen MR) is 138 cm³/mol. The fraction of sp³-hybridized carbons (Fsp3) is 0.250. The van der Waals surface area contributed by atoms with E-state index in [0.717, 1.165) is 16.9 Å². The molecule has 0 heterocycles. The third-order valence-corrected chi connectivity index (χ3v) is 3.55. The van der Waals surface area contributed by atoms with E-state index in [0.29, 0.717) is 0 Å². The summed E-state index contributed by atoms with van der Waals surface area (Å²) in [5, 5.41) is 0. The molecule has 2 N–H and O–H groups in total. The van der Waals surface area contributed by atoms with Crippen molar-refractivity contribution in [3.05, 3.63) is 96.1 Å². The monoisotopic (exact) mass is 402 g/mol. The molecule has 3 aromatic carbocycles. The van der Waals surface area contributed by atoms with Gasteiger partial charge in [0.05, 0.1) is 5.69 Å². The van der Waals surface area contributed by atoms with Crippen LogP contribution in [0.25, 0.3) is 11.1 Å². The molecule has 0 atom stereocenters. The molecule has 2 heteroatoms. The van der Waals surface area contributed by atoms with Crippen LogP contribution >= 0.6 is 0 Å². The first-order chi connectivity index (χ1) is 14.4. The number of allylic oxidation sites excluding steroid dienone is 1. The minimum atomic E-state index is 0.751. The predicted octanol–water partition coefficient (Wildman–Crippen LogP) is 8.63. The van der Waals surface area contributed by atoms with Gasteiger partial charge in [-0.05, 0) is 61.7 Å². The van der Waals surface area contributed by atoms with Gasteiger partial charge in [0.25, 0.3) is 0 Å². The Hall–Kier alpha value is -3.13. The van der Waals surface area contributed by atoms with Gasteiger partial charge in [0, 0.05) is 11.9 Å². The standard InChI is InChI=1S/C20H18N2.C4H8.2C2H6/c1-15-2-6-17(7-3-15)18-8-4-16(5-9-18)14-22-20-12-10-19(21)11-13-20;1-4(2)3;2*1-2/h2-14H,21H2,1H3;1H2,2-3H3;2*1-2H3. The van der Waals surface area contributed by atoms with Gasteiger partial charge in [0.2, 0.25) is 0 Å². The molecule has 0 aliphatic rings. The van der Waals surface area contributed by atoms with Gasteiger partial charge in [-0.2, -0.15) is 0 Å². The molecule has 0 aliphatic heterocycles. The molecule has 0 aliphatic carbocycles. The number of benzene rings is 3. The topological polar surface area (TPSA) is 38.4 Å². The Bertz CT molecular complexity index is 852. The van der Waals surface area contributed by atoms with E-state index in [1.807, 2.05) is 72.0 Å². The Morgan fingerprint density at radius 3 is 1.57 bits per heavy atom. The maximum atomic E-state index is 5.66. The average molecular weight is 403 g/mol. The summed E-state index contributed by atoms with van der Waals surface area (Å²) < 4.78 is 0. The third kappa shape index (κ3) is 11.0. The van der Waals surface area contributed by atoms with E-state index in [2.05, 4.69) is 67.0 Å². The first kappa shape index (κ1) is 26.9. The zero-order valence-electron chi connectivity index (χ0n) is 19.7. The number of rotatable bonds is 3. The second-order valence-corrected chi connectivity index (χ2v) is 6.54. The van der Waals surface area contributed by atoms with Gasteiger partial charge in [0.1, 0.15) is 0 Å². The van der Waals surface area contributed by atoms with Crippen molar-refractivity contribution in [1.29, 1.82) is 0 Å².